The topological polar surface area (TPSA) is 231 Å². The third kappa shape index (κ3) is 71.6. The van der Waals surface area contributed by atoms with Crippen molar-refractivity contribution in [3.05, 3.63) is 97.2 Å². The molecule has 550 valence electrons. The van der Waals surface area contributed by atoms with Crippen LogP contribution < -0.4 is 0 Å². The number of aliphatic hydroxyl groups excluding tert-OH is 2. The fourth-order valence-electron chi connectivity index (χ4n) is 10.1. The summed E-state index contributed by atoms with van der Waals surface area (Å²) in [7, 11) is -9.78. The molecule has 0 fully saturated rings. The number of aliphatic hydroxyl groups is 2. The smallest absolute Gasteiger partial charge is 0.463 e. The number of hydrogen-bond acceptors (Lipinski definition) is 14. The predicted octanol–water partition coefficient (Wildman–Crippen LogP) is 21.4. The highest BCUT2D eigenvalue weighted by Crippen LogP contribution is 2.45. The Kier molecular flexibility index (Phi) is 67.7. The standard InChI is InChI=1S/C77H136O16P2/c1-4-7-10-13-16-19-22-25-27-29-30-31-32-33-34-35-36-37-38-39-40-42-44-46-48-51-54-57-60-63-75(80)87-66-72(78)67-89-94(83,84)90-68-73(79)69-91-95(85,86)92-71-74(93-77(82)65-62-59-56-53-50-45-24-21-18-15-12-9-6-3)70-88-76(81)64-61-58-55-52-49-47-43-41-28-26-23-20-17-14-11-8-5-2/h8,11,16-17,19-20,25-28,30-31,33-34,43,47,72-74,78-79H,4-7,9-10,12-15,18,21-24,29,32,35-42,44-46,48-71H2,1-3H3,(H,83,84)(H,85,86)/b11-8-,19-16-,20-17-,27-25-,28-26-,31-30-,34-33-,47-43-. The highest BCUT2D eigenvalue weighted by molar-refractivity contribution is 7.47. The number of ether oxygens (including phenoxy) is 3. The predicted molar refractivity (Wildman–Crippen MR) is 390 cm³/mol. The van der Waals surface area contributed by atoms with Crippen LogP contribution in [0.15, 0.2) is 97.2 Å². The van der Waals surface area contributed by atoms with E-state index in [9.17, 15) is 43.5 Å². The molecule has 0 aromatic heterocycles. The van der Waals surface area contributed by atoms with E-state index >= 15 is 0 Å². The lowest BCUT2D eigenvalue weighted by Crippen LogP contribution is -2.30. The van der Waals surface area contributed by atoms with Gasteiger partial charge in [0.2, 0.25) is 0 Å². The number of allylic oxidation sites excluding steroid dienone is 16. The van der Waals surface area contributed by atoms with Crippen LogP contribution in [0.4, 0.5) is 0 Å². The first kappa shape index (κ1) is 91.5. The van der Waals surface area contributed by atoms with E-state index in [1.54, 1.807) is 0 Å². The first-order valence-corrected chi connectivity index (χ1v) is 40.5. The van der Waals surface area contributed by atoms with E-state index < -0.39 is 91.5 Å². The van der Waals surface area contributed by atoms with Gasteiger partial charge in [-0.3, -0.25) is 32.5 Å². The van der Waals surface area contributed by atoms with Crippen molar-refractivity contribution >= 4 is 33.6 Å². The van der Waals surface area contributed by atoms with E-state index in [0.29, 0.717) is 19.3 Å². The van der Waals surface area contributed by atoms with Gasteiger partial charge in [0.1, 0.15) is 25.4 Å². The average molecular weight is 1380 g/mol. The maximum atomic E-state index is 12.9. The molecule has 4 N–H and O–H groups in total. The molecule has 0 aromatic rings. The highest BCUT2D eigenvalue weighted by Gasteiger charge is 2.29. The minimum Gasteiger partial charge on any atom is -0.463 e. The number of unbranched alkanes of at least 4 members (excludes halogenated alkanes) is 32. The molecule has 5 unspecified atom stereocenters. The Morgan fingerprint density at radius 2 is 0.558 bits per heavy atom. The zero-order valence-electron chi connectivity index (χ0n) is 59.8. The van der Waals surface area contributed by atoms with Crippen LogP contribution in [0.5, 0.6) is 0 Å². The summed E-state index contributed by atoms with van der Waals surface area (Å²) in [4.78, 5) is 58.5. The largest absolute Gasteiger partial charge is 0.472 e. The van der Waals surface area contributed by atoms with Gasteiger partial charge in [-0.2, -0.15) is 0 Å². The molecule has 0 aliphatic rings. The molecule has 0 rings (SSSR count). The fraction of sp³-hybridized carbons (Fsp3) is 0.753. The number of esters is 3. The summed E-state index contributed by atoms with van der Waals surface area (Å²) < 4.78 is 61.0. The van der Waals surface area contributed by atoms with Gasteiger partial charge < -0.3 is 34.2 Å². The van der Waals surface area contributed by atoms with Gasteiger partial charge in [0, 0.05) is 19.3 Å². The van der Waals surface area contributed by atoms with Crippen LogP contribution in [0.3, 0.4) is 0 Å². The van der Waals surface area contributed by atoms with Crippen LogP contribution in [0.2, 0.25) is 0 Å². The van der Waals surface area contributed by atoms with Crippen molar-refractivity contribution in [2.75, 3.05) is 39.6 Å². The molecule has 0 amide bonds. The van der Waals surface area contributed by atoms with Gasteiger partial charge in [0.05, 0.1) is 26.4 Å². The molecule has 16 nitrogen and oxygen atoms in total. The number of phosphoric ester groups is 2. The summed E-state index contributed by atoms with van der Waals surface area (Å²) in [6, 6.07) is 0. The molecule has 0 heterocycles. The minimum atomic E-state index is -4.93. The summed E-state index contributed by atoms with van der Waals surface area (Å²) in [6.45, 7) is 2.53. The molecule has 0 aliphatic carbocycles. The molecule has 0 bridgehead atoms. The molecule has 0 spiro atoms. The summed E-state index contributed by atoms with van der Waals surface area (Å²) >= 11 is 0. The molecule has 5 atom stereocenters. The Morgan fingerprint density at radius 1 is 0.305 bits per heavy atom. The van der Waals surface area contributed by atoms with Gasteiger partial charge >= 0.3 is 33.6 Å². The maximum Gasteiger partial charge on any atom is 0.472 e. The van der Waals surface area contributed by atoms with Crippen LogP contribution in [0.1, 0.15) is 316 Å². The zero-order valence-corrected chi connectivity index (χ0v) is 61.6. The summed E-state index contributed by atoms with van der Waals surface area (Å²) in [5.41, 5.74) is 0. The Bertz CT molecular complexity index is 2120. The first-order chi connectivity index (χ1) is 46.2. The lowest BCUT2D eigenvalue weighted by Gasteiger charge is -2.21. The van der Waals surface area contributed by atoms with E-state index in [2.05, 4.69) is 118 Å². The number of rotatable bonds is 71. The Hall–Kier alpha value is -3.53. The molecule has 95 heavy (non-hydrogen) atoms. The van der Waals surface area contributed by atoms with E-state index in [0.717, 1.165) is 122 Å². The summed E-state index contributed by atoms with van der Waals surface area (Å²) in [5, 5.41) is 20.6. The Labute approximate surface area is 578 Å². The molecule has 0 aromatic carbocycles. The van der Waals surface area contributed by atoms with Gasteiger partial charge in [0.25, 0.3) is 0 Å². The van der Waals surface area contributed by atoms with E-state index in [4.69, 9.17) is 32.3 Å². The Balaban J connectivity index is 4.47. The van der Waals surface area contributed by atoms with Crippen LogP contribution in [-0.4, -0.2) is 95.9 Å². The van der Waals surface area contributed by atoms with Gasteiger partial charge in [0.15, 0.2) is 6.10 Å². The van der Waals surface area contributed by atoms with Crippen molar-refractivity contribution in [2.45, 2.75) is 334 Å². The Morgan fingerprint density at radius 3 is 0.905 bits per heavy atom. The number of phosphoric acid groups is 2. The van der Waals surface area contributed by atoms with Crippen LogP contribution >= 0.6 is 15.6 Å². The van der Waals surface area contributed by atoms with Crippen LogP contribution in [0, 0.1) is 0 Å². The molecule has 18 heteroatoms. The lowest BCUT2D eigenvalue weighted by molar-refractivity contribution is -0.161. The molecule has 0 saturated heterocycles. The third-order valence-corrected chi connectivity index (χ3v) is 17.7. The minimum absolute atomic E-state index is 0.102. The van der Waals surface area contributed by atoms with Crippen molar-refractivity contribution in [1.29, 1.82) is 0 Å². The van der Waals surface area contributed by atoms with Crippen molar-refractivity contribution < 1.29 is 75.8 Å². The number of carbonyl (C=O) groups excluding carboxylic acids is 3. The monoisotopic (exact) mass is 1380 g/mol. The van der Waals surface area contributed by atoms with Crippen molar-refractivity contribution in [3.8, 4) is 0 Å². The second-order valence-electron chi connectivity index (χ2n) is 25.1. The average Bonchev–Trinajstić information content (AvgIpc) is 1.83. The van der Waals surface area contributed by atoms with Crippen LogP contribution in [0.25, 0.3) is 0 Å². The van der Waals surface area contributed by atoms with E-state index in [-0.39, 0.29) is 19.3 Å². The van der Waals surface area contributed by atoms with Gasteiger partial charge in [-0.25, -0.2) is 9.13 Å². The maximum absolute atomic E-state index is 12.9. The van der Waals surface area contributed by atoms with Gasteiger partial charge in [-0.05, 0) is 103 Å². The van der Waals surface area contributed by atoms with Crippen molar-refractivity contribution in [2.24, 2.45) is 0 Å². The summed E-state index contributed by atoms with van der Waals surface area (Å²) in [5.74, 6) is -1.59. The number of hydrogen-bond donors (Lipinski definition) is 4. The SMILES string of the molecule is CC/C=C\C/C=C\C/C=C\C/C=C\CCCCCCC(=O)OCC(COP(=O)(O)OCC(O)COP(=O)(O)OCC(O)COC(=O)CCCCCCCCCCCCCCC/C=C\C/C=C\C/C=C\C/C=C\CCCCC)OC(=O)CCCCCCCCCCCCCCC. The second kappa shape index (κ2) is 70.3. The quantitative estimate of drug-likeness (QED) is 0.0146. The second-order valence-corrected chi connectivity index (χ2v) is 28.0. The zero-order chi connectivity index (χ0) is 69.5. The molecule has 0 radical (unpaired) electrons. The number of carbonyl (C=O) groups is 3. The van der Waals surface area contributed by atoms with Crippen molar-refractivity contribution in [3.63, 3.8) is 0 Å². The van der Waals surface area contributed by atoms with Gasteiger partial charge in [-0.1, -0.05) is 291 Å². The van der Waals surface area contributed by atoms with Crippen molar-refractivity contribution in [1.82, 2.24) is 0 Å². The van der Waals surface area contributed by atoms with E-state index in [1.165, 1.54) is 135 Å². The van der Waals surface area contributed by atoms with Crippen LogP contribution in [-0.2, 0) is 55.8 Å². The van der Waals surface area contributed by atoms with E-state index in [1.807, 2.05) is 0 Å². The highest BCUT2D eigenvalue weighted by atomic mass is 31.2. The molecule has 0 saturated carbocycles. The third-order valence-electron chi connectivity index (χ3n) is 15.8. The molecule has 0 aliphatic heterocycles. The fourth-order valence-corrected chi connectivity index (χ4v) is 11.7. The van der Waals surface area contributed by atoms with Gasteiger partial charge in [-0.15, -0.1) is 0 Å². The lowest BCUT2D eigenvalue weighted by atomic mass is 10.0. The molecular weight excluding hydrogens is 1240 g/mol. The summed E-state index contributed by atoms with van der Waals surface area (Å²) in [6.07, 6.45) is 78.9. The normalized spacial score (nSPS) is 14.6. The first-order valence-electron chi connectivity index (χ1n) is 37.5. The molecular formula is C77H136O16P2.